The van der Waals surface area contributed by atoms with Crippen molar-refractivity contribution in [3.05, 3.63) is 0 Å². The molecule has 5 nitrogen and oxygen atoms in total. The molecule has 0 amide bonds. The van der Waals surface area contributed by atoms with Gasteiger partial charge in [-0.25, -0.2) is 8.42 Å². The standard InChI is InChI=1S/C14H28N2O3S/c1-13(2)10-16(11-14(3,4)19-13)7-6-15-12-5-8-20(17,18)9-12/h12,15H,5-11H2,1-4H3. The zero-order valence-electron chi connectivity index (χ0n) is 13.1. The van der Waals surface area contributed by atoms with Crippen LogP contribution < -0.4 is 5.32 Å². The van der Waals surface area contributed by atoms with Gasteiger partial charge in [0.05, 0.1) is 22.7 Å². The fourth-order valence-electron chi connectivity index (χ4n) is 3.49. The summed E-state index contributed by atoms with van der Waals surface area (Å²) in [5.74, 6) is 0.634. The first-order valence-electron chi connectivity index (χ1n) is 7.43. The van der Waals surface area contributed by atoms with Crippen LogP contribution in [0.25, 0.3) is 0 Å². The van der Waals surface area contributed by atoms with Crippen molar-refractivity contribution in [2.75, 3.05) is 37.7 Å². The van der Waals surface area contributed by atoms with Gasteiger partial charge in [0.15, 0.2) is 9.84 Å². The first kappa shape index (κ1) is 16.2. The molecular formula is C14H28N2O3S. The van der Waals surface area contributed by atoms with Crippen molar-refractivity contribution in [1.82, 2.24) is 10.2 Å². The lowest BCUT2D eigenvalue weighted by Gasteiger charge is -2.47. The molecule has 0 aromatic carbocycles. The molecule has 0 spiro atoms. The highest BCUT2D eigenvalue weighted by molar-refractivity contribution is 7.91. The molecule has 20 heavy (non-hydrogen) atoms. The van der Waals surface area contributed by atoms with Crippen LogP contribution in [0.15, 0.2) is 0 Å². The number of ether oxygens (including phenoxy) is 1. The van der Waals surface area contributed by atoms with Gasteiger partial charge in [0.1, 0.15) is 0 Å². The molecule has 0 radical (unpaired) electrons. The molecule has 2 saturated heterocycles. The van der Waals surface area contributed by atoms with Gasteiger partial charge in [0.25, 0.3) is 0 Å². The van der Waals surface area contributed by atoms with Gasteiger partial charge in [-0.2, -0.15) is 0 Å². The fraction of sp³-hybridized carbons (Fsp3) is 1.00. The summed E-state index contributed by atoms with van der Waals surface area (Å²) in [5, 5.41) is 3.38. The molecule has 2 fully saturated rings. The largest absolute Gasteiger partial charge is 0.367 e. The topological polar surface area (TPSA) is 58.6 Å². The third-order valence-corrected chi connectivity index (χ3v) is 5.62. The predicted molar refractivity (Wildman–Crippen MR) is 80.7 cm³/mol. The molecule has 6 heteroatoms. The van der Waals surface area contributed by atoms with E-state index in [4.69, 9.17) is 4.74 Å². The van der Waals surface area contributed by atoms with Crippen LogP contribution in [-0.4, -0.2) is 68.2 Å². The van der Waals surface area contributed by atoms with Gasteiger partial charge in [-0.05, 0) is 34.1 Å². The van der Waals surface area contributed by atoms with Crippen LogP contribution in [0.1, 0.15) is 34.1 Å². The van der Waals surface area contributed by atoms with E-state index in [0.29, 0.717) is 11.5 Å². The van der Waals surface area contributed by atoms with Crippen LogP contribution in [0.2, 0.25) is 0 Å². The van der Waals surface area contributed by atoms with Gasteiger partial charge in [0.2, 0.25) is 0 Å². The Kier molecular flexibility index (Phi) is 4.50. The molecule has 118 valence electrons. The molecule has 1 unspecified atom stereocenters. The normalized spacial score (nSPS) is 32.3. The van der Waals surface area contributed by atoms with Crippen molar-refractivity contribution in [3.8, 4) is 0 Å². The van der Waals surface area contributed by atoms with Crippen LogP contribution in [0.4, 0.5) is 0 Å². The molecule has 1 N–H and O–H groups in total. The van der Waals surface area contributed by atoms with E-state index in [9.17, 15) is 8.42 Å². The molecule has 2 rings (SSSR count). The second-order valence-corrected chi connectivity index (χ2v) is 9.61. The maximum Gasteiger partial charge on any atom is 0.151 e. The van der Waals surface area contributed by atoms with Crippen molar-refractivity contribution in [2.24, 2.45) is 0 Å². The zero-order chi connectivity index (χ0) is 15.0. The number of nitrogens with zero attached hydrogens (tertiary/aromatic N) is 1. The summed E-state index contributed by atoms with van der Waals surface area (Å²) < 4.78 is 28.9. The monoisotopic (exact) mass is 304 g/mol. The highest BCUT2D eigenvalue weighted by atomic mass is 32.2. The lowest BCUT2D eigenvalue weighted by Crippen LogP contribution is -2.58. The zero-order valence-corrected chi connectivity index (χ0v) is 13.9. The SMILES string of the molecule is CC1(C)CN(CCNC2CCS(=O)(=O)C2)CC(C)(C)O1. The quantitative estimate of drug-likeness (QED) is 0.826. The molecule has 2 aliphatic heterocycles. The van der Waals surface area contributed by atoms with E-state index >= 15 is 0 Å². The summed E-state index contributed by atoms with van der Waals surface area (Å²) in [4.78, 5) is 2.40. The maximum absolute atomic E-state index is 11.4. The van der Waals surface area contributed by atoms with Crippen LogP contribution in [0, 0.1) is 0 Å². The number of sulfone groups is 1. The van der Waals surface area contributed by atoms with Gasteiger partial charge in [-0.1, -0.05) is 0 Å². The van der Waals surface area contributed by atoms with E-state index < -0.39 is 9.84 Å². The van der Waals surface area contributed by atoms with E-state index in [0.717, 1.165) is 32.6 Å². The van der Waals surface area contributed by atoms with Crippen molar-refractivity contribution in [3.63, 3.8) is 0 Å². The van der Waals surface area contributed by atoms with Crippen molar-refractivity contribution in [1.29, 1.82) is 0 Å². The Balaban J connectivity index is 1.77. The van der Waals surface area contributed by atoms with Crippen LogP contribution in [-0.2, 0) is 14.6 Å². The molecular weight excluding hydrogens is 276 g/mol. The minimum atomic E-state index is -2.78. The number of nitrogens with one attached hydrogen (secondary N) is 1. The highest BCUT2D eigenvalue weighted by Gasteiger charge is 2.37. The molecule has 0 bridgehead atoms. The average molecular weight is 304 g/mol. The van der Waals surface area contributed by atoms with Gasteiger partial charge in [0, 0.05) is 32.2 Å². The third kappa shape index (κ3) is 4.69. The molecule has 1 atom stereocenters. The highest BCUT2D eigenvalue weighted by Crippen LogP contribution is 2.27. The lowest BCUT2D eigenvalue weighted by atomic mass is 9.99. The van der Waals surface area contributed by atoms with E-state index in [1.54, 1.807) is 0 Å². The minimum absolute atomic E-state index is 0.127. The van der Waals surface area contributed by atoms with Crippen molar-refractivity contribution >= 4 is 9.84 Å². The average Bonchev–Trinajstić information content (AvgIpc) is 2.53. The number of hydrogen-bond donors (Lipinski definition) is 1. The van der Waals surface area contributed by atoms with Crippen molar-refractivity contribution < 1.29 is 13.2 Å². The van der Waals surface area contributed by atoms with Gasteiger partial charge >= 0.3 is 0 Å². The van der Waals surface area contributed by atoms with E-state index in [1.807, 2.05) is 0 Å². The number of rotatable bonds is 4. The summed E-state index contributed by atoms with van der Waals surface area (Å²) in [5.41, 5.74) is -0.253. The summed E-state index contributed by atoms with van der Waals surface area (Å²) in [6.45, 7) is 12.1. The van der Waals surface area contributed by atoms with Crippen LogP contribution in [0.3, 0.4) is 0 Å². The Bertz CT molecular complexity index is 429. The van der Waals surface area contributed by atoms with E-state index in [1.165, 1.54) is 0 Å². The summed E-state index contributed by atoms with van der Waals surface area (Å²) in [7, 11) is -2.78. The second kappa shape index (κ2) is 5.55. The third-order valence-electron chi connectivity index (χ3n) is 3.85. The Hall–Kier alpha value is -0.170. The summed E-state index contributed by atoms with van der Waals surface area (Å²) in [6, 6.07) is 0.141. The maximum atomic E-state index is 11.4. The van der Waals surface area contributed by atoms with Gasteiger partial charge in [-0.15, -0.1) is 0 Å². The first-order valence-corrected chi connectivity index (χ1v) is 9.25. The smallest absolute Gasteiger partial charge is 0.151 e. The molecule has 2 heterocycles. The minimum Gasteiger partial charge on any atom is -0.367 e. The summed E-state index contributed by atoms with van der Waals surface area (Å²) >= 11 is 0. The Morgan fingerprint density at radius 1 is 1.20 bits per heavy atom. The van der Waals surface area contributed by atoms with Crippen LogP contribution in [0.5, 0.6) is 0 Å². The second-order valence-electron chi connectivity index (χ2n) is 7.39. The molecule has 0 saturated carbocycles. The van der Waals surface area contributed by atoms with Crippen LogP contribution >= 0.6 is 0 Å². The predicted octanol–water partition coefficient (Wildman–Crippen LogP) is 0.653. The Morgan fingerprint density at radius 2 is 1.80 bits per heavy atom. The number of hydrogen-bond acceptors (Lipinski definition) is 5. The van der Waals surface area contributed by atoms with E-state index in [2.05, 4.69) is 37.9 Å². The van der Waals surface area contributed by atoms with E-state index in [-0.39, 0.29) is 17.2 Å². The summed E-state index contributed by atoms with van der Waals surface area (Å²) in [6.07, 6.45) is 0.752. The Morgan fingerprint density at radius 3 is 2.30 bits per heavy atom. The number of morpholine rings is 1. The van der Waals surface area contributed by atoms with Crippen molar-refractivity contribution in [2.45, 2.75) is 51.4 Å². The fourth-order valence-corrected chi connectivity index (χ4v) is 5.19. The molecule has 0 aliphatic carbocycles. The molecule has 0 aromatic heterocycles. The van der Waals surface area contributed by atoms with Gasteiger partial charge < -0.3 is 10.1 Å². The molecule has 0 aromatic rings. The van der Waals surface area contributed by atoms with Gasteiger partial charge in [-0.3, -0.25) is 4.90 Å². The Labute approximate surface area is 123 Å². The lowest BCUT2D eigenvalue weighted by molar-refractivity contribution is -0.180. The molecule has 2 aliphatic rings. The first-order chi connectivity index (χ1) is 9.07.